The van der Waals surface area contributed by atoms with Gasteiger partial charge in [0.15, 0.2) is 0 Å². The molecule has 0 aliphatic carbocycles. The zero-order valence-electron chi connectivity index (χ0n) is 12.2. The fourth-order valence-corrected chi connectivity index (χ4v) is 2.51. The summed E-state index contributed by atoms with van der Waals surface area (Å²) in [6.45, 7) is 4.82. The average Bonchev–Trinajstić information content (AvgIpc) is 2.44. The number of urea groups is 1. The van der Waals surface area contributed by atoms with E-state index >= 15 is 0 Å². The molecule has 4 heteroatoms. The van der Waals surface area contributed by atoms with Crippen LogP contribution in [0.25, 0.3) is 0 Å². The van der Waals surface area contributed by atoms with Crippen LogP contribution in [0.5, 0.6) is 0 Å². The summed E-state index contributed by atoms with van der Waals surface area (Å²) in [7, 11) is 0. The molecule has 0 unspecified atom stereocenters. The minimum atomic E-state index is -0.166. The average molecular weight is 394 g/mol. The standard InChI is InChI=1S/C17H19IN2O/c1-12-3-4-14(13(2)11-12)9-10-19-17(21)20-16-7-5-15(18)6-8-16/h3-8,11H,9-10H2,1-2H3,(H2,19,20,21). The second-order valence-electron chi connectivity index (χ2n) is 5.07. The Morgan fingerprint density at radius 3 is 2.48 bits per heavy atom. The van der Waals surface area contributed by atoms with E-state index in [1.54, 1.807) is 0 Å². The summed E-state index contributed by atoms with van der Waals surface area (Å²) in [6.07, 6.45) is 0.840. The molecule has 0 saturated heterocycles. The normalized spacial score (nSPS) is 10.2. The molecule has 0 radical (unpaired) electrons. The Hall–Kier alpha value is -1.56. The Balaban J connectivity index is 1.80. The molecule has 0 spiro atoms. The van der Waals surface area contributed by atoms with Crippen molar-refractivity contribution < 1.29 is 4.79 Å². The molecule has 0 aromatic heterocycles. The molecule has 0 aliphatic heterocycles. The predicted molar refractivity (Wildman–Crippen MR) is 95.8 cm³/mol. The van der Waals surface area contributed by atoms with Crippen molar-refractivity contribution >= 4 is 34.3 Å². The maximum atomic E-state index is 11.8. The molecule has 0 saturated carbocycles. The van der Waals surface area contributed by atoms with Gasteiger partial charge < -0.3 is 10.6 Å². The third-order valence-corrected chi connectivity index (χ3v) is 4.00. The van der Waals surface area contributed by atoms with Gasteiger partial charge in [-0.25, -0.2) is 4.79 Å². The van der Waals surface area contributed by atoms with Crippen molar-refractivity contribution in [3.63, 3.8) is 0 Å². The number of aryl methyl sites for hydroxylation is 2. The van der Waals surface area contributed by atoms with E-state index < -0.39 is 0 Å². The van der Waals surface area contributed by atoms with Crippen LogP contribution in [-0.4, -0.2) is 12.6 Å². The van der Waals surface area contributed by atoms with Gasteiger partial charge >= 0.3 is 6.03 Å². The SMILES string of the molecule is Cc1ccc(CCNC(=O)Nc2ccc(I)cc2)c(C)c1. The number of rotatable bonds is 4. The molecule has 2 rings (SSSR count). The van der Waals surface area contributed by atoms with Gasteiger partial charge in [-0.15, -0.1) is 0 Å². The van der Waals surface area contributed by atoms with E-state index in [4.69, 9.17) is 0 Å². The number of halogens is 1. The fraction of sp³-hybridized carbons (Fsp3) is 0.235. The lowest BCUT2D eigenvalue weighted by molar-refractivity contribution is 0.252. The van der Waals surface area contributed by atoms with Crippen LogP contribution in [0, 0.1) is 17.4 Å². The summed E-state index contributed by atoms with van der Waals surface area (Å²) in [5, 5.41) is 5.71. The van der Waals surface area contributed by atoms with Crippen molar-refractivity contribution in [3.05, 3.63) is 62.7 Å². The number of hydrogen-bond donors (Lipinski definition) is 2. The summed E-state index contributed by atoms with van der Waals surface area (Å²) >= 11 is 2.24. The molecule has 0 heterocycles. The molecule has 21 heavy (non-hydrogen) atoms. The smallest absolute Gasteiger partial charge is 0.319 e. The van der Waals surface area contributed by atoms with E-state index in [0.717, 1.165) is 15.7 Å². The van der Waals surface area contributed by atoms with Crippen LogP contribution in [-0.2, 0) is 6.42 Å². The first-order valence-electron chi connectivity index (χ1n) is 6.91. The van der Waals surface area contributed by atoms with Gasteiger partial charge in [0.25, 0.3) is 0 Å². The van der Waals surface area contributed by atoms with Crippen molar-refractivity contribution in [1.82, 2.24) is 5.32 Å². The molecule has 0 aliphatic rings. The second-order valence-corrected chi connectivity index (χ2v) is 6.31. The van der Waals surface area contributed by atoms with Crippen LogP contribution >= 0.6 is 22.6 Å². The number of carbonyl (C=O) groups is 1. The number of hydrogen-bond acceptors (Lipinski definition) is 1. The third-order valence-electron chi connectivity index (χ3n) is 3.28. The Labute approximate surface area is 139 Å². The first kappa shape index (κ1) is 15.8. The van der Waals surface area contributed by atoms with E-state index in [1.807, 2.05) is 24.3 Å². The quantitative estimate of drug-likeness (QED) is 0.748. The summed E-state index contributed by atoms with van der Waals surface area (Å²) in [4.78, 5) is 11.8. The Morgan fingerprint density at radius 2 is 1.81 bits per heavy atom. The summed E-state index contributed by atoms with van der Waals surface area (Å²) in [5.41, 5.74) is 4.62. The highest BCUT2D eigenvalue weighted by atomic mass is 127. The van der Waals surface area contributed by atoms with E-state index in [9.17, 15) is 4.79 Å². The van der Waals surface area contributed by atoms with Gasteiger partial charge in [0.2, 0.25) is 0 Å². The van der Waals surface area contributed by atoms with Gasteiger partial charge in [-0.2, -0.15) is 0 Å². The van der Waals surface area contributed by atoms with E-state index in [1.165, 1.54) is 16.7 Å². The van der Waals surface area contributed by atoms with E-state index in [0.29, 0.717) is 6.54 Å². The maximum Gasteiger partial charge on any atom is 0.319 e. The molecule has 0 fully saturated rings. The molecule has 2 amide bonds. The maximum absolute atomic E-state index is 11.8. The first-order valence-corrected chi connectivity index (χ1v) is 7.99. The lowest BCUT2D eigenvalue weighted by Gasteiger charge is -2.09. The summed E-state index contributed by atoms with van der Waals surface area (Å²) < 4.78 is 1.15. The highest BCUT2D eigenvalue weighted by Crippen LogP contribution is 2.12. The predicted octanol–water partition coefficient (Wildman–Crippen LogP) is 4.27. The zero-order chi connectivity index (χ0) is 15.2. The molecule has 110 valence electrons. The van der Waals surface area contributed by atoms with Crippen LogP contribution < -0.4 is 10.6 Å². The van der Waals surface area contributed by atoms with Crippen LogP contribution in [0.15, 0.2) is 42.5 Å². The number of carbonyl (C=O) groups excluding carboxylic acids is 1. The third kappa shape index (κ3) is 5.04. The lowest BCUT2D eigenvalue weighted by Crippen LogP contribution is -2.30. The first-order chi connectivity index (χ1) is 10.0. The van der Waals surface area contributed by atoms with Crippen molar-refractivity contribution in [2.24, 2.45) is 0 Å². The summed E-state index contributed by atoms with van der Waals surface area (Å²) in [6, 6.07) is 14.0. The van der Waals surface area contributed by atoms with Crippen LogP contribution in [0.1, 0.15) is 16.7 Å². The molecule has 2 N–H and O–H groups in total. The van der Waals surface area contributed by atoms with Gasteiger partial charge in [-0.1, -0.05) is 23.8 Å². The van der Waals surface area contributed by atoms with Gasteiger partial charge in [0, 0.05) is 15.8 Å². The van der Waals surface area contributed by atoms with Gasteiger partial charge in [-0.3, -0.25) is 0 Å². The molecule has 2 aromatic carbocycles. The number of anilines is 1. The molecule has 0 bridgehead atoms. The zero-order valence-corrected chi connectivity index (χ0v) is 14.4. The number of nitrogens with one attached hydrogen (secondary N) is 2. The van der Waals surface area contributed by atoms with Crippen molar-refractivity contribution in [2.75, 3.05) is 11.9 Å². The van der Waals surface area contributed by atoms with Crippen molar-refractivity contribution in [1.29, 1.82) is 0 Å². The Kier molecular flexibility index (Phi) is 5.61. The van der Waals surface area contributed by atoms with E-state index in [-0.39, 0.29) is 6.03 Å². The number of amides is 2. The Morgan fingerprint density at radius 1 is 1.10 bits per heavy atom. The second kappa shape index (κ2) is 7.45. The topological polar surface area (TPSA) is 41.1 Å². The van der Waals surface area contributed by atoms with Crippen molar-refractivity contribution in [2.45, 2.75) is 20.3 Å². The monoisotopic (exact) mass is 394 g/mol. The minimum Gasteiger partial charge on any atom is -0.338 e. The fourth-order valence-electron chi connectivity index (χ4n) is 2.15. The van der Waals surface area contributed by atoms with Crippen LogP contribution in [0.2, 0.25) is 0 Å². The number of benzene rings is 2. The van der Waals surface area contributed by atoms with Gasteiger partial charge in [0.1, 0.15) is 0 Å². The van der Waals surface area contributed by atoms with Crippen LogP contribution in [0.3, 0.4) is 0 Å². The summed E-state index contributed by atoms with van der Waals surface area (Å²) in [5.74, 6) is 0. The molecular formula is C17H19IN2O. The van der Waals surface area contributed by atoms with E-state index in [2.05, 4.69) is 65.3 Å². The Bertz CT molecular complexity index is 623. The lowest BCUT2D eigenvalue weighted by atomic mass is 10.0. The molecular weight excluding hydrogens is 375 g/mol. The molecule has 2 aromatic rings. The van der Waals surface area contributed by atoms with Gasteiger partial charge in [0.05, 0.1) is 0 Å². The minimum absolute atomic E-state index is 0.166. The highest BCUT2D eigenvalue weighted by molar-refractivity contribution is 14.1. The highest BCUT2D eigenvalue weighted by Gasteiger charge is 2.03. The molecule has 3 nitrogen and oxygen atoms in total. The molecule has 0 atom stereocenters. The van der Waals surface area contributed by atoms with Gasteiger partial charge in [-0.05, 0) is 78.3 Å². The van der Waals surface area contributed by atoms with Crippen molar-refractivity contribution in [3.8, 4) is 0 Å². The van der Waals surface area contributed by atoms with Crippen LogP contribution in [0.4, 0.5) is 10.5 Å². The largest absolute Gasteiger partial charge is 0.338 e.